The Morgan fingerprint density at radius 2 is 1.71 bits per heavy atom. The first-order valence-corrected chi connectivity index (χ1v) is 8.41. The molecule has 5 nitrogen and oxygen atoms in total. The zero-order valence-electron chi connectivity index (χ0n) is 13.4. The molecule has 1 fully saturated rings. The van der Waals surface area contributed by atoms with Crippen LogP contribution in [0.15, 0.2) is 48.8 Å². The summed E-state index contributed by atoms with van der Waals surface area (Å²) in [6, 6.07) is 11.0. The number of pyridine rings is 1. The molecule has 1 atom stereocenters. The van der Waals surface area contributed by atoms with Crippen LogP contribution in [0.3, 0.4) is 0 Å². The molecular weight excluding hydrogens is 324 g/mol. The van der Waals surface area contributed by atoms with E-state index in [1.807, 2.05) is 36.7 Å². The zero-order chi connectivity index (χ0) is 16.9. The molecule has 0 bridgehead atoms. The van der Waals surface area contributed by atoms with Gasteiger partial charge in [0.15, 0.2) is 0 Å². The molecule has 0 unspecified atom stereocenters. The predicted octanol–water partition coefficient (Wildman–Crippen LogP) is 2.08. The number of nitrogens with two attached hydrogens (primary N) is 1. The third-order valence-corrected chi connectivity index (χ3v) is 4.63. The van der Waals surface area contributed by atoms with Crippen molar-refractivity contribution >= 4 is 17.5 Å². The molecule has 126 valence electrons. The highest BCUT2D eigenvalue weighted by atomic mass is 35.5. The Morgan fingerprint density at radius 1 is 1.08 bits per heavy atom. The summed E-state index contributed by atoms with van der Waals surface area (Å²) in [6.07, 6.45) is 3.63. The van der Waals surface area contributed by atoms with Gasteiger partial charge in [0.1, 0.15) is 6.04 Å². The zero-order valence-corrected chi connectivity index (χ0v) is 14.2. The fourth-order valence-corrected chi connectivity index (χ4v) is 3.25. The lowest BCUT2D eigenvalue weighted by Gasteiger charge is -2.38. The second-order valence-electron chi connectivity index (χ2n) is 6.02. The van der Waals surface area contributed by atoms with Gasteiger partial charge in [-0.3, -0.25) is 19.6 Å². The van der Waals surface area contributed by atoms with Crippen LogP contribution in [0.2, 0.25) is 5.02 Å². The number of hydrogen-bond acceptors (Lipinski definition) is 4. The summed E-state index contributed by atoms with van der Waals surface area (Å²) in [5, 5.41) is 0.657. The Hall–Kier alpha value is -1.95. The predicted molar refractivity (Wildman–Crippen MR) is 94.5 cm³/mol. The van der Waals surface area contributed by atoms with E-state index < -0.39 is 6.04 Å². The number of amides is 1. The van der Waals surface area contributed by atoms with Crippen molar-refractivity contribution in [1.82, 2.24) is 14.8 Å². The highest BCUT2D eigenvalue weighted by Gasteiger charge is 2.28. The summed E-state index contributed by atoms with van der Waals surface area (Å²) in [6.45, 7) is 4.32. The lowest BCUT2D eigenvalue weighted by molar-refractivity contribution is -0.124. The van der Waals surface area contributed by atoms with Crippen molar-refractivity contribution in [3.05, 3.63) is 64.9 Å². The number of hydrogen-bond donors (Lipinski definition) is 1. The molecule has 1 aromatic carbocycles. The first kappa shape index (κ1) is 16.9. The standard InChI is InChI=1S/C18H21ClN4O/c19-16-3-1-15(2-4-16)17(18(20)24)23-11-9-22(10-12-23)13-14-5-7-21-8-6-14/h1-8,17H,9-13H2,(H2,20,24)/t17-/m0/s1. The van der Waals surface area contributed by atoms with Crippen LogP contribution in [0.25, 0.3) is 0 Å². The van der Waals surface area contributed by atoms with Crippen LogP contribution >= 0.6 is 11.6 Å². The van der Waals surface area contributed by atoms with Gasteiger partial charge in [0, 0.05) is 50.1 Å². The first-order valence-electron chi connectivity index (χ1n) is 8.03. The molecule has 2 aromatic rings. The number of rotatable bonds is 5. The number of carbonyl (C=O) groups excluding carboxylic acids is 1. The van der Waals surface area contributed by atoms with Gasteiger partial charge in [-0.25, -0.2) is 0 Å². The van der Waals surface area contributed by atoms with E-state index in [9.17, 15) is 4.79 Å². The fourth-order valence-electron chi connectivity index (χ4n) is 3.13. The molecule has 0 radical (unpaired) electrons. The summed E-state index contributed by atoms with van der Waals surface area (Å²) in [5.41, 5.74) is 7.81. The number of nitrogens with zero attached hydrogens (tertiary/aromatic N) is 3. The maximum atomic E-state index is 12.0. The molecule has 1 aliphatic heterocycles. The van der Waals surface area contributed by atoms with Crippen molar-refractivity contribution in [3.63, 3.8) is 0 Å². The minimum Gasteiger partial charge on any atom is -0.368 e. The largest absolute Gasteiger partial charge is 0.368 e. The summed E-state index contributed by atoms with van der Waals surface area (Å²) < 4.78 is 0. The first-order chi connectivity index (χ1) is 11.6. The van der Waals surface area contributed by atoms with E-state index in [1.165, 1.54) is 5.56 Å². The summed E-state index contributed by atoms with van der Waals surface area (Å²) in [5.74, 6) is -0.320. The van der Waals surface area contributed by atoms with Crippen molar-refractivity contribution < 1.29 is 4.79 Å². The average Bonchev–Trinajstić information content (AvgIpc) is 2.59. The van der Waals surface area contributed by atoms with E-state index in [0.717, 1.165) is 38.3 Å². The number of benzene rings is 1. The van der Waals surface area contributed by atoms with E-state index in [4.69, 9.17) is 17.3 Å². The molecule has 2 N–H and O–H groups in total. The van der Waals surface area contributed by atoms with Crippen molar-refractivity contribution in [2.45, 2.75) is 12.6 Å². The van der Waals surface area contributed by atoms with Gasteiger partial charge in [0.25, 0.3) is 0 Å². The van der Waals surface area contributed by atoms with Gasteiger partial charge in [-0.2, -0.15) is 0 Å². The normalized spacial score (nSPS) is 17.5. The minimum absolute atomic E-state index is 0.320. The molecule has 3 rings (SSSR count). The number of carbonyl (C=O) groups is 1. The van der Waals surface area contributed by atoms with Crippen LogP contribution < -0.4 is 5.73 Å². The molecule has 1 aliphatic rings. The van der Waals surface area contributed by atoms with Crippen LogP contribution in [0.1, 0.15) is 17.2 Å². The lowest BCUT2D eigenvalue weighted by Crippen LogP contribution is -2.49. The van der Waals surface area contributed by atoms with Gasteiger partial charge in [-0.1, -0.05) is 23.7 Å². The van der Waals surface area contributed by atoms with E-state index in [2.05, 4.69) is 14.8 Å². The second kappa shape index (κ2) is 7.75. The molecule has 1 aromatic heterocycles. The lowest BCUT2D eigenvalue weighted by atomic mass is 10.0. The van der Waals surface area contributed by atoms with Crippen LogP contribution in [-0.4, -0.2) is 46.9 Å². The Bertz CT molecular complexity index is 669. The van der Waals surface area contributed by atoms with Crippen molar-refractivity contribution in [2.24, 2.45) is 5.73 Å². The van der Waals surface area contributed by atoms with Crippen LogP contribution in [0, 0.1) is 0 Å². The highest BCUT2D eigenvalue weighted by Crippen LogP contribution is 2.24. The molecule has 2 heterocycles. The quantitative estimate of drug-likeness (QED) is 0.902. The average molecular weight is 345 g/mol. The van der Waals surface area contributed by atoms with Crippen molar-refractivity contribution in [3.8, 4) is 0 Å². The van der Waals surface area contributed by atoms with Crippen molar-refractivity contribution in [1.29, 1.82) is 0 Å². The van der Waals surface area contributed by atoms with E-state index in [0.29, 0.717) is 5.02 Å². The fraction of sp³-hybridized carbons (Fsp3) is 0.333. The number of primary amides is 1. The van der Waals surface area contributed by atoms with Gasteiger partial charge in [0.05, 0.1) is 0 Å². The Morgan fingerprint density at radius 3 is 2.29 bits per heavy atom. The van der Waals surface area contributed by atoms with Crippen LogP contribution in [0.4, 0.5) is 0 Å². The van der Waals surface area contributed by atoms with Crippen LogP contribution in [-0.2, 0) is 11.3 Å². The molecule has 6 heteroatoms. The molecule has 1 saturated heterocycles. The topological polar surface area (TPSA) is 62.5 Å². The van der Waals surface area contributed by atoms with Gasteiger partial charge in [0.2, 0.25) is 5.91 Å². The SMILES string of the molecule is NC(=O)[C@H](c1ccc(Cl)cc1)N1CCN(Cc2ccncc2)CC1. The maximum absolute atomic E-state index is 12.0. The maximum Gasteiger partial charge on any atom is 0.239 e. The van der Waals surface area contributed by atoms with Gasteiger partial charge < -0.3 is 5.73 Å². The number of piperazine rings is 1. The van der Waals surface area contributed by atoms with Gasteiger partial charge >= 0.3 is 0 Å². The molecule has 0 spiro atoms. The Kier molecular flexibility index (Phi) is 5.45. The molecule has 24 heavy (non-hydrogen) atoms. The molecular formula is C18H21ClN4O. The van der Waals surface area contributed by atoms with E-state index in [1.54, 1.807) is 12.1 Å². The summed E-state index contributed by atoms with van der Waals surface area (Å²) in [4.78, 5) is 20.6. The molecule has 0 aliphatic carbocycles. The third-order valence-electron chi connectivity index (χ3n) is 4.38. The molecule has 0 saturated carbocycles. The minimum atomic E-state index is -0.398. The van der Waals surface area contributed by atoms with Gasteiger partial charge in [-0.15, -0.1) is 0 Å². The summed E-state index contributed by atoms with van der Waals surface area (Å²) in [7, 11) is 0. The van der Waals surface area contributed by atoms with Gasteiger partial charge in [-0.05, 0) is 35.4 Å². The van der Waals surface area contributed by atoms with E-state index >= 15 is 0 Å². The van der Waals surface area contributed by atoms with E-state index in [-0.39, 0.29) is 5.91 Å². The second-order valence-corrected chi connectivity index (χ2v) is 6.46. The summed E-state index contributed by atoms with van der Waals surface area (Å²) >= 11 is 5.94. The Balaban J connectivity index is 1.63. The number of halogens is 1. The monoisotopic (exact) mass is 344 g/mol. The van der Waals surface area contributed by atoms with Crippen LogP contribution in [0.5, 0.6) is 0 Å². The Labute approximate surface area is 147 Å². The molecule has 1 amide bonds. The van der Waals surface area contributed by atoms with Crippen molar-refractivity contribution in [2.75, 3.05) is 26.2 Å². The third kappa shape index (κ3) is 4.12. The highest BCUT2D eigenvalue weighted by molar-refractivity contribution is 6.30. The number of aromatic nitrogens is 1. The smallest absolute Gasteiger partial charge is 0.239 e.